The summed E-state index contributed by atoms with van der Waals surface area (Å²) < 4.78 is 1.02. The number of fused-ring (bicyclic) bond motifs is 1. The van der Waals surface area contributed by atoms with Crippen LogP contribution in [0.15, 0.2) is 22.7 Å². The van der Waals surface area contributed by atoms with Gasteiger partial charge in [-0.25, -0.2) is 0 Å². The Labute approximate surface area is 111 Å². The minimum atomic E-state index is -0.454. The van der Waals surface area contributed by atoms with E-state index in [1.165, 1.54) is 0 Å². The summed E-state index contributed by atoms with van der Waals surface area (Å²) >= 11 is 3.48. The first-order valence-corrected chi connectivity index (χ1v) is 6.57. The molecule has 1 heterocycles. The Morgan fingerprint density at radius 1 is 1.18 bits per heavy atom. The highest BCUT2D eigenvalue weighted by atomic mass is 79.9. The fourth-order valence-electron chi connectivity index (χ4n) is 2.64. The maximum atomic E-state index is 12.6. The molecule has 0 fully saturated rings. The normalized spacial score (nSPS) is 21.3. The second-order valence-electron chi connectivity index (χ2n) is 5.73. The van der Waals surface area contributed by atoms with E-state index in [0.29, 0.717) is 0 Å². The topological polar surface area (TPSA) is 20.3 Å². The highest BCUT2D eigenvalue weighted by Gasteiger charge is 2.48. The first kappa shape index (κ1) is 12.6. The first-order chi connectivity index (χ1) is 7.69. The number of nitrogens with zero attached hydrogens (tertiary/aromatic N) is 1. The summed E-state index contributed by atoms with van der Waals surface area (Å²) in [4.78, 5) is 14.7. The van der Waals surface area contributed by atoms with Crippen LogP contribution < -0.4 is 4.90 Å². The minimum Gasteiger partial charge on any atom is -0.362 e. The van der Waals surface area contributed by atoms with Gasteiger partial charge in [0, 0.05) is 17.2 Å². The predicted molar refractivity (Wildman–Crippen MR) is 74.7 cm³/mol. The van der Waals surface area contributed by atoms with E-state index in [1.807, 2.05) is 40.8 Å². The molecule has 1 aromatic carbocycles. The summed E-state index contributed by atoms with van der Waals surface area (Å²) in [5.41, 5.74) is 1.35. The third kappa shape index (κ3) is 1.63. The molecule has 0 spiro atoms. The van der Waals surface area contributed by atoms with Crippen LogP contribution in [0.25, 0.3) is 0 Å². The second kappa shape index (κ2) is 3.58. The highest BCUT2D eigenvalue weighted by Crippen LogP contribution is 2.44. The van der Waals surface area contributed by atoms with Gasteiger partial charge in [0.15, 0.2) is 5.78 Å². The van der Waals surface area contributed by atoms with Crippen molar-refractivity contribution in [3.63, 3.8) is 0 Å². The van der Waals surface area contributed by atoms with Gasteiger partial charge in [0.25, 0.3) is 0 Å². The van der Waals surface area contributed by atoms with Gasteiger partial charge in [-0.15, -0.1) is 0 Å². The van der Waals surface area contributed by atoms with E-state index in [1.54, 1.807) is 0 Å². The number of halogens is 1. The molecule has 2 nitrogen and oxygen atoms in total. The molecule has 3 heteroatoms. The molecule has 0 saturated carbocycles. The Morgan fingerprint density at radius 2 is 1.76 bits per heavy atom. The lowest BCUT2D eigenvalue weighted by atomic mass is 9.69. The molecular formula is C14H18BrNO. The van der Waals surface area contributed by atoms with Crippen molar-refractivity contribution in [3.8, 4) is 0 Å². The molecule has 0 amide bonds. The maximum absolute atomic E-state index is 12.6. The number of hydrogen-bond donors (Lipinski definition) is 0. The van der Waals surface area contributed by atoms with Crippen molar-refractivity contribution in [3.05, 3.63) is 28.2 Å². The molecule has 0 atom stereocenters. The van der Waals surface area contributed by atoms with Gasteiger partial charge < -0.3 is 4.90 Å². The minimum absolute atomic E-state index is 0.262. The van der Waals surface area contributed by atoms with E-state index in [4.69, 9.17) is 0 Å². The number of benzene rings is 1. The van der Waals surface area contributed by atoms with Gasteiger partial charge in [0.05, 0.1) is 11.0 Å². The van der Waals surface area contributed by atoms with Crippen molar-refractivity contribution in [1.29, 1.82) is 0 Å². The van der Waals surface area contributed by atoms with Crippen molar-refractivity contribution in [2.75, 3.05) is 11.9 Å². The average Bonchev–Trinajstić information content (AvgIpc) is 2.25. The Kier molecular flexibility index (Phi) is 2.66. The van der Waals surface area contributed by atoms with Gasteiger partial charge in [0.2, 0.25) is 0 Å². The van der Waals surface area contributed by atoms with Gasteiger partial charge in [-0.05, 0) is 51.5 Å². The van der Waals surface area contributed by atoms with Crippen LogP contribution in [0.4, 0.5) is 5.69 Å². The summed E-state index contributed by atoms with van der Waals surface area (Å²) in [7, 11) is 1.99. The quantitative estimate of drug-likeness (QED) is 0.730. The number of Topliss-reactive ketones (excluding diaryl/α,β-unsaturated/α-hetero) is 1. The molecule has 0 aliphatic carbocycles. The molecule has 17 heavy (non-hydrogen) atoms. The number of carbonyl (C=O) groups is 1. The first-order valence-electron chi connectivity index (χ1n) is 5.78. The summed E-state index contributed by atoms with van der Waals surface area (Å²) in [6.45, 7) is 7.99. The smallest absolute Gasteiger partial charge is 0.167 e. The van der Waals surface area contributed by atoms with E-state index < -0.39 is 11.0 Å². The summed E-state index contributed by atoms with van der Waals surface area (Å²) in [5, 5.41) is 0. The highest BCUT2D eigenvalue weighted by molar-refractivity contribution is 9.10. The Bertz CT molecular complexity index is 491. The van der Waals surface area contributed by atoms with Gasteiger partial charge in [-0.2, -0.15) is 0 Å². The van der Waals surface area contributed by atoms with Crippen molar-refractivity contribution in [2.24, 2.45) is 0 Å². The Morgan fingerprint density at radius 3 is 2.35 bits per heavy atom. The van der Waals surface area contributed by atoms with Gasteiger partial charge in [-0.3, -0.25) is 4.79 Å². The lowest BCUT2D eigenvalue weighted by Crippen LogP contribution is -2.58. The fourth-order valence-corrected chi connectivity index (χ4v) is 3.00. The van der Waals surface area contributed by atoms with Crippen LogP contribution in [0.3, 0.4) is 0 Å². The molecule has 0 N–H and O–H groups in total. The molecule has 2 rings (SSSR count). The number of carbonyl (C=O) groups excluding carboxylic acids is 1. The predicted octanol–water partition coefficient (Wildman–Crippen LogP) is 3.52. The zero-order valence-corrected chi connectivity index (χ0v) is 12.6. The third-order valence-corrected chi connectivity index (χ3v) is 4.45. The van der Waals surface area contributed by atoms with Gasteiger partial charge in [0.1, 0.15) is 0 Å². The van der Waals surface area contributed by atoms with Crippen molar-refractivity contribution < 1.29 is 4.79 Å². The van der Waals surface area contributed by atoms with Crippen LogP contribution in [0.2, 0.25) is 0 Å². The monoisotopic (exact) mass is 295 g/mol. The van der Waals surface area contributed by atoms with E-state index in [9.17, 15) is 4.79 Å². The van der Waals surface area contributed by atoms with Crippen LogP contribution in [0.1, 0.15) is 33.3 Å². The van der Waals surface area contributed by atoms with E-state index in [0.717, 1.165) is 15.7 Å². The largest absolute Gasteiger partial charge is 0.362 e. The molecule has 0 saturated heterocycles. The summed E-state index contributed by atoms with van der Waals surface area (Å²) in [6, 6.07) is 6.16. The zero-order chi connectivity index (χ0) is 13.0. The lowest BCUT2D eigenvalue weighted by molar-refractivity contribution is -0.128. The number of ketones is 1. The zero-order valence-electron chi connectivity index (χ0n) is 11.0. The molecule has 0 aromatic heterocycles. The van der Waals surface area contributed by atoms with Crippen molar-refractivity contribution >= 4 is 27.4 Å². The van der Waals surface area contributed by atoms with Crippen molar-refractivity contribution in [2.45, 2.75) is 38.6 Å². The van der Waals surface area contributed by atoms with Crippen LogP contribution >= 0.6 is 15.9 Å². The van der Waals surface area contributed by atoms with E-state index in [2.05, 4.69) is 33.0 Å². The number of hydrogen-bond acceptors (Lipinski definition) is 2. The molecule has 92 valence electrons. The SMILES string of the molecule is CN1c2ccc(Br)cc2C(C)(C)C(=O)C1(C)C. The van der Waals surface area contributed by atoms with E-state index >= 15 is 0 Å². The van der Waals surface area contributed by atoms with Crippen molar-refractivity contribution in [1.82, 2.24) is 0 Å². The maximum Gasteiger partial charge on any atom is 0.167 e. The van der Waals surface area contributed by atoms with Crippen LogP contribution in [0, 0.1) is 0 Å². The molecule has 0 unspecified atom stereocenters. The summed E-state index contributed by atoms with van der Waals surface area (Å²) in [5.74, 6) is 0.262. The van der Waals surface area contributed by atoms with Crippen LogP contribution in [0.5, 0.6) is 0 Å². The number of rotatable bonds is 0. The summed E-state index contributed by atoms with van der Waals surface area (Å²) in [6.07, 6.45) is 0. The molecular weight excluding hydrogens is 278 g/mol. The van der Waals surface area contributed by atoms with Crippen LogP contribution in [-0.4, -0.2) is 18.4 Å². The second-order valence-corrected chi connectivity index (χ2v) is 6.65. The molecule has 0 bridgehead atoms. The molecule has 1 aliphatic rings. The average molecular weight is 296 g/mol. The molecule has 1 aliphatic heterocycles. The molecule has 0 radical (unpaired) electrons. The van der Waals surface area contributed by atoms with Gasteiger partial charge >= 0.3 is 0 Å². The number of anilines is 1. The number of likely N-dealkylation sites (N-methyl/N-ethyl adjacent to an activating group) is 1. The third-order valence-electron chi connectivity index (χ3n) is 3.96. The van der Waals surface area contributed by atoms with Crippen LogP contribution in [-0.2, 0) is 10.2 Å². The van der Waals surface area contributed by atoms with Gasteiger partial charge in [-0.1, -0.05) is 15.9 Å². The standard InChI is InChI=1S/C14H18BrNO/c1-13(2)10-8-9(15)6-7-11(10)16(5)14(3,4)12(13)17/h6-8H,1-5H3. The Balaban J connectivity index is 2.74. The fraction of sp³-hybridized carbons (Fsp3) is 0.500. The molecule has 1 aromatic rings. The Hall–Kier alpha value is -0.830. The van der Waals surface area contributed by atoms with E-state index in [-0.39, 0.29) is 5.78 Å². The lowest BCUT2D eigenvalue weighted by Gasteiger charge is -2.48.